The molecular weight excluding hydrogens is 376 g/mol. The summed E-state index contributed by atoms with van der Waals surface area (Å²) in [5, 5.41) is 14.9. The van der Waals surface area contributed by atoms with Crippen molar-refractivity contribution in [3.8, 4) is 0 Å². The van der Waals surface area contributed by atoms with Crippen molar-refractivity contribution >= 4 is 24.0 Å². The SMILES string of the molecule is CCn1ncc(C(O)c2nccn2COCC[Si](C)(C)C)c1Br. The van der Waals surface area contributed by atoms with Crippen LogP contribution in [0, 0.1) is 0 Å². The molecule has 1 atom stereocenters. The lowest BCUT2D eigenvalue weighted by Gasteiger charge is -2.17. The molecule has 0 aliphatic carbocycles. The maximum Gasteiger partial charge on any atom is 0.144 e. The van der Waals surface area contributed by atoms with Gasteiger partial charge in [-0.15, -0.1) is 0 Å². The smallest absolute Gasteiger partial charge is 0.144 e. The largest absolute Gasteiger partial charge is 0.380 e. The summed E-state index contributed by atoms with van der Waals surface area (Å²) in [6.07, 6.45) is 4.34. The Morgan fingerprint density at radius 3 is 2.74 bits per heavy atom. The van der Waals surface area contributed by atoms with Crippen molar-refractivity contribution in [1.82, 2.24) is 19.3 Å². The van der Waals surface area contributed by atoms with Gasteiger partial charge in [-0.1, -0.05) is 19.6 Å². The van der Waals surface area contributed by atoms with E-state index in [1.165, 1.54) is 0 Å². The highest BCUT2D eigenvalue weighted by atomic mass is 79.9. The van der Waals surface area contributed by atoms with E-state index >= 15 is 0 Å². The predicted octanol–water partition coefficient (Wildman–Crippen LogP) is 3.26. The molecule has 2 rings (SSSR count). The summed E-state index contributed by atoms with van der Waals surface area (Å²) in [6.45, 7) is 10.9. The molecule has 6 nitrogen and oxygen atoms in total. The topological polar surface area (TPSA) is 65.1 Å². The maximum absolute atomic E-state index is 10.6. The number of hydrogen-bond donors (Lipinski definition) is 1. The van der Waals surface area contributed by atoms with E-state index in [9.17, 15) is 5.11 Å². The van der Waals surface area contributed by atoms with Crippen molar-refractivity contribution in [2.45, 2.75) is 52.0 Å². The number of aliphatic hydroxyl groups excluding tert-OH is 1. The molecular formula is C15H25BrN4O2Si. The molecule has 0 saturated carbocycles. The Bertz CT molecular complexity index is 636. The quantitative estimate of drug-likeness (QED) is 0.545. The van der Waals surface area contributed by atoms with Crippen LogP contribution >= 0.6 is 15.9 Å². The van der Waals surface area contributed by atoms with E-state index in [2.05, 4.69) is 45.7 Å². The normalized spacial score (nSPS) is 13.5. The molecule has 8 heteroatoms. The van der Waals surface area contributed by atoms with Crippen LogP contribution in [0.25, 0.3) is 0 Å². The Hall–Kier alpha value is -0.963. The molecule has 2 aromatic rings. The number of aromatic nitrogens is 4. The first-order valence-corrected chi connectivity index (χ1v) is 12.3. The highest BCUT2D eigenvalue weighted by Crippen LogP contribution is 2.27. The summed E-state index contributed by atoms with van der Waals surface area (Å²) >= 11 is 3.48. The first-order valence-electron chi connectivity index (χ1n) is 7.81. The minimum absolute atomic E-state index is 0.399. The zero-order chi connectivity index (χ0) is 17.0. The molecule has 1 N–H and O–H groups in total. The Balaban J connectivity index is 2.03. The Morgan fingerprint density at radius 2 is 2.13 bits per heavy atom. The zero-order valence-electron chi connectivity index (χ0n) is 14.2. The molecule has 2 aromatic heterocycles. The fourth-order valence-electron chi connectivity index (χ4n) is 2.15. The highest BCUT2D eigenvalue weighted by molar-refractivity contribution is 9.10. The van der Waals surface area contributed by atoms with Crippen molar-refractivity contribution in [3.63, 3.8) is 0 Å². The number of rotatable bonds is 8. The van der Waals surface area contributed by atoms with Gasteiger partial charge in [0, 0.05) is 39.2 Å². The Morgan fingerprint density at radius 1 is 1.39 bits per heavy atom. The number of imidazole rings is 1. The van der Waals surface area contributed by atoms with Gasteiger partial charge in [-0.3, -0.25) is 4.68 Å². The minimum atomic E-state index is -1.09. The van der Waals surface area contributed by atoms with Crippen LogP contribution in [-0.2, 0) is 18.0 Å². The van der Waals surface area contributed by atoms with Gasteiger partial charge in [-0.25, -0.2) is 4.98 Å². The Kier molecular flexibility index (Phi) is 6.18. The van der Waals surface area contributed by atoms with E-state index in [0.717, 1.165) is 23.8 Å². The number of ether oxygens (including phenoxy) is 1. The van der Waals surface area contributed by atoms with Crippen molar-refractivity contribution < 1.29 is 9.84 Å². The van der Waals surface area contributed by atoms with Crippen molar-refractivity contribution in [2.24, 2.45) is 0 Å². The van der Waals surface area contributed by atoms with Gasteiger partial charge in [-0.05, 0) is 28.9 Å². The molecule has 0 radical (unpaired) electrons. The molecule has 23 heavy (non-hydrogen) atoms. The second kappa shape index (κ2) is 7.74. The monoisotopic (exact) mass is 400 g/mol. The van der Waals surface area contributed by atoms with Gasteiger partial charge in [0.1, 0.15) is 23.3 Å². The third-order valence-corrected chi connectivity index (χ3v) is 6.19. The first kappa shape index (κ1) is 18.4. The molecule has 0 bridgehead atoms. The van der Waals surface area contributed by atoms with Gasteiger partial charge in [0.05, 0.1) is 6.20 Å². The number of aryl methyl sites for hydroxylation is 1. The molecule has 0 amide bonds. The zero-order valence-corrected chi connectivity index (χ0v) is 16.7. The van der Waals surface area contributed by atoms with Gasteiger partial charge in [-0.2, -0.15) is 5.10 Å². The summed E-state index contributed by atoms with van der Waals surface area (Å²) in [7, 11) is -1.09. The van der Waals surface area contributed by atoms with Crippen LogP contribution in [0.2, 0.25) is 25.7 Å². The van der Waals surface area contributed by atoms with E-state index in [-0.39, 0.29) is 0 Å². The molecule has 128 valence electrons. The fraction of sp³-hybridized carbons (Fsp3) is 0.600. The third-order valence-electron chi connectivity index (χ3n) is 3.61. The molecule has 0 aliphatic heterocycles. The van der Waals surface area contributed by atoms with Crippen molar-refractivity contribution in [2.75, 3.05) is 6.61 Å². The molecule has 0 saturated heterocycles. The molecule has 2 heterocycles. The van der Waals surface area contributed by atoms with Gasteiger partial charge in [0.25, 0.3) is 0 Å². The van der Waals surface area contributed by atoms with Gasteiger partial charge in [0.2, 0.25) is 0 Å². The molecule has 0 fully saturated rings. The van der Waals surface area contributed by atoms with Crippen molar-refractivity contribution in [3.05, 3.63) is 34.6 Å². The van der Waals surface area contributed by atoms with E-state index in [0.29, 0.717) is 18.1 Å². The maximum atomic E-state index is 10.6. The van der Waals surface area contributed by atoms with E-state index < -0.39 is 14.2 Å². The standard InChI is InChI=1S/C15H25BrN4O2Si/c1-5-20-14(16)12(10-18-20)13(21)15-17-6-7-19(15)11-22-8-9-23(2,3)4/h6-7,10,13,21H,5,8-9,11H2,1-4H3. The van der Waals surface area contributed by atoms with E-state index in [1.807, 2.05) is 17.7 Å². The lowest BCUT2D eigenvalue weighted by molar-refractivity contribution is 0.0786. The van der Waals surface area contributed by atoms with Gasteiger partial charge >= 0.3 is 0 Å². The second-order valence-electron chi connectivity index (χ2n) is 6.71. The summed E-state index contributed by atoms with van der Waals surface area (Å²) in [5.74, 6) is 0.564. The average molecular weight is 401 g/mol. The number of aliphatic hydroxyl groups is 1. The summed E-state index contributed by atoms with van der Waals surface area (Å²) in [4.78, 5) is 4.28. The van der Waals surface area contributed by atoms with Crippen LogP contribution in [0.5, 0.6) is 0 Å². The van der Waals surface area contributed by atoms with E-state index in [1.54, 1.807) is 17.1 Å². The molecule has 0 aromatic carbocycles. The minimum Gasteiger partial charge on any atom is -0.380 e. The number of hydrogen-bond acceptors (Lipinski definition) is 4. The molecule has 0 aliphatic rings. The Labute approximate surface area is 146 Å². The predicted molar refractivity (Wildman–Crippen MR) is 96.0 cm³/mol. The average Bonchev–Trinajstić information content (AvgIpc) is 3.08. The van der Waals surface area contributed by atoms with Crippen LogP contribution < -0.4 is 0 Å². The fourth-order valence-corrected chi connectivity index (χ4v) is 3.56. The van der Waals surface area contributed by atoms with Crippen LogP contribution in [0.15, 0.2) is 23.2 Å². The third kappa shape index (κ3) is 4.76. The highest BCUT2D eigenvalue weighted by Gasteiger charge is 2.22. The van der Waals surface area contributed by atoms with Gasteiger partial charge in [0.15, 0.2) is 0 Å². The summed E-state index contributed by atoms with van der Waals surface area (Å²) < 4.78 is 10.2. The number of nitrogens with zero attached hydrogens (tertiary/aromatic N) is 4. The lowest BCUT2D eigenvalue weighted by Crippen LogP contribution is -2.22. The van der Waals surface area contributed by atoms with Crippen LogP contribution in [0.3, 0.4) is 0 Å². The van der Waals surface area contributed by atoms with Crippen LogP contribution in [-0.4, -0.2) is 39.1 Å². The van der Waals surface area contributed by atoms with Crippen molar-refractivity contribution in [1.29, 1.82) is 0 Å². The van der Waals surface area contributed by atoms with Gasteiger partial charge < -0.3 is 14.4 Å². The summed E-state index contributed by atoms with van der Waals surface area (Å²) in [5.41, 5.74) is 0.710. The first-order chi connectivity index (χ1) is 10.8. The lowest BCUT2D eigenvalue weighted by atomic mass is 10.2. The second-order valence-corrected chi connectivity index (χ2v) is 13.1. The van der Waals surface area contributed by atoms with Crippen LogP contribution in [0.4, 0.5) is 0 Å². The van der Waals surface area contributed by atoms with Crippen LogP contribution in [0.1, 0.15) is 24.4 Å². The number of halogens is 1. The molecule has 1 unspecified atom stereocenters. The molecule has 0 spiro atoms. The van der Waals surface area contributed by atoms with E-state index in [4.69, 9.17) is 4.74 Å². The summed E-state index contributed by atoms with van der Waals surface area (Å²) in [6, 6.07) is 1.12.